The molecule has 3 nitrogen and oxygen atoms in total. The number of carbonyl (C=O) groups excluding carboxylic acids is 1. The van der Waals surface area contributed by atoms with E-state index in [2.05, 4.69) is 22.3 Å². The number of hydrogen-bond donors (Lipinski definition) is 1. The Hall–Kier alpha value is -1.06. The van der Waals surface area contributed by atoms with Crippen molar-refractivity contribution in [2.45, 2.75) is 43.9 Å². The number of nitrogens with one attached hydrogen (secondary N) is 1. The molecule has 1 N–H and O–H groups in total. The van der Waals surface area contributed by atoms with Crippen molar-refractivity contribution in [1.82, 2.24) is 5.32 Å². The fourth-order valence-corrected chi connectivity index (χ4v) is 6.09. The van der Waals surface area contributed by atoms with Crippen LogP contribution in [0.15, 0.2) is 18.2 Å². The fraction of sp³-hybridized carbons (Fsp3) is 0.650. The van der Waals surface area contributed by atoms with Gasteiger partial charge in [0.2, 0.25) is 5.91 Å². The van der Waals surface area contributed by atoms with Gasteiger partial charge < -0.3 is 10.2 Å². The molecule has 4 heteroatoms. The summed E-state index contributed by atoms with van der Waals surface area (Å²) in [7, 11) is 0. The van der Waals surface area contributed by atoms with Crippen LogP contribution in [0.1, 0.15) is 44.1 Å². The molecular formula is C20H25ClN2O. The molecule has 5 rings (SSSR count). The summed E-state index contributed by atoms with van der Waals surface area (Å²) < 4.78 is 0. The highest BCUT2D eigenvalue weighted by Gasteiger charge is 2.50. The lowest BCUT2D eigenvalue weighted by atomic mass is 9.75. The van der Waals surface area contributed by atoms with Crippen LogP contribution in [0, 0.1) is 17.8 Å². The molecule has 1 aromatic carbocycles. The van der Waals surface area contributed by atoms with Crippen LogP contribution in [0.3, 0.4) is 0 Å². The molecule has 1 spiro atoms. The van der Waals surface area contributed by atoms with Crippen LogP contribution in [-0.2, 0) is 10.2 Å². The summed E-state index contributed by atoms with van der Waals surface area (Å²) in [6.07, 6.45) is 7.21. The summed E-state index contributed by atoms with van der Waals surface area (Å²) in [5.41, 5.74) is 2.56. The van der Waals surface area contributed by atoms with Crippen molar-refractivity contribution >= 4 is 23.2 Å². The average Bonchev–Trinajstić information content (AvgIpc) is 3.30. The second-order valence-electron chi connectivity index (χ2n) is 8.40. The maximum absolute atomic E-state index is 13.4. The Labute approximate surface area is 148 Å². The van der Waals surface area contributed by atoms with E-state index in [1.54, 1.807) is 0 Å². The van der Waals surface area contributed by atoms with Gasteiger partial charge in [-0.2, -0.15) is 0 Å². The number of fused-ring (bicyclic) bond motifs is 4. The van der Waals surface area contributed by atoms with Gasteiger partial charge in [-0.3, -0.25) is 4.79 Å². The maximum atomic E-state index is 13.4. The summed E-state index contributed by atoms with van der Waals surface area (Å²) in [4.78, 5) is 15.5. The second kappa shape index (κ2) is 5.47. The first kappa shape index (κ1) is 15.2. The third-order valence-corrected chi connectivity index (χ3v) is 7.40. The Morgan fingerprint density at radius 2 is 2.04 bits per heavy atom. The third kappa shape index (κ3) is 2.17. The van der Waals surface area contributed by atoms with Crippen LogP contribution in [0.5, 0.6) is 0 Å². The van der Waals surface area contributed by atoms with Crippen molar-refractivity contribution in [3.8, 4) is 0 Å². The van der Waals surface area contributed by atoms with Crippen molar-refractivity contribution < 1.29 is 4.79 Å². The summed E-state index contributed by atoms with van der Waals surface area (Å²) in [5.74, 6) is 2.11. The van der Waals surface area contributed by atoms with Crippen molar-refractivity contribution in [1.29, 1.82) is 0 Å². The molecule has 2 heterocycles. The topological polar surface area (TPSA) is 32.3 Å². The molecule has 1 unspecified atom stereocenters. The fourth-order valence-electron chi connectivity index (χ4n) is 5.92. The standard InChI is InChI=1S/C20H25ClN2O/c21-15-3-4-18-17(11-15)20(5-7-22-8-6-20)12-23(18)19(24)16-10-13-1-2-14(16)9-13/h3-4,11,13-14,16,22H,1-2,5-10,12H2/t13-,14+,16?/m1/s1. The molecule has 1 saturated heterocycles. The maximum Gasteiger partial charge on any atom is 0.230 e. The van der Waals surface area contributed by atoms with Crippen LogP contribution < -0.4 is 10.2 Å². The van der Waals surface area contributed by atoms with Crippen LogP contribution >= 0.6 is 11.6 Å². The van der Waals surface area contributed by atoms with E-state index in [4.69, 9.17) is 11.6 Å². The summed E-state index contributed by atoms with van der Waals surface area (Å²) in [5, 5.41) is 4.26. The molecule has 1 aromatic rings. The van der Waals surface area contributed by atoms with Gasteiger partial charge in [0.05, 0.1) is 0 Å². The number of amides is 1. The Morgan fingerprint density at radius 3 is 2.75 bits per heavy atom. The lowest BCUT2D eigenvalue weighted by Gasteiger charge is -2.35. The number of carbonyl (C=O) groups is 1. The van der Waals surface area contributed by atoms with Gasteiger partial charge in [-0.25, -0.2) is 0 Å². The van der Waals surface area contributed by atoms with E-state index in [0.29, 0.717) is 11.8 Å². The minimum absolute atomic E-state index is 0.110. The summed E-state index contributed by atoms with van der Waals surface area (Å²) in [6, 6.07) is 6.15. The number of rotatable bonds is 1. The first-order valence-corrected chi connectivity index (χ1v) is 9.86. The Bertz CT molecular complexity index is 682. The lowest BCUT2D eigenvalue weighted by molar-refractivity contribution is -0.124. The van der Waals surface area contributed by atoms with Gasteiger partial charge in [0.15, 0.2) is 0 Å². The molecule has 128 valence electrons. The summed E-state index contributed by atoms with van der Waals surface area (Å²) in [6.45, 7) is 2.92. The normalized spacial score (nSPS) is 33.2. The molecule has 2 aliphatic carbocycles. The molecule has 1 amide bonds. The SMILES string of the molecule is O=C(C1C[C@@H]2CC[C@H]1C2)N1CC2(CCNCC2)c2cc(Cl)ccc21. The number of benzene rings is 1. The van der Waals surface area contributed by atoms with Gasteiger partial charge in [-0.15, -0.1) is 0 Å². The highest BCUT2D eigenvalue weighted by atomic mass is 35.5. The number of halogens is 1. The highest BCUT2D eigenvalue weighted by Crippen LogP contribution is 2.52. The number of piperidine rings is 1. The predicted molar refractivity (Wildman–Crippen MR) is 96.5 cm³/mol. The molecule has 4 aliphatic rings. The van der Waals surface area contributed by atoms with Crippen LogP contribution in [0.4, 0.5) is 5.69 Å². The molecule has 3 fully saturated rings. The third-order valence-electron chi connectivity index (χ3n) is 7.16. The van der Waals surface area contributed by atoms with Gasteiger partial charge >= 0.3 is 0 Å². The van der Waals surface area contributed by atoms with E-state index in [9.17, 15) is 4.79 Å². The molecule has 2 aliphatic heterocycles. The minimum Gasteiger partial charge on any atom is -0.317 e. The Kier molecular flexibility index (Phi) is 3.47. The van der Waals surface area contributed by atoms with Crippen molar-refractivity contribution in [3.05, 3.63) is 28.8 Å². The van der Waals surface area contributed by atoms with E-state index in [1.165, 1.54) is 24.8 Å². The summed E-state index contributed by atoms with van der Waals surface area (Å²) >= 11 is 6.31. The zero-order chi connectivity index (χ0) is 16.3. The minimum atomic E-state index is 0.110. The predicted octanol–water partition coefficient (Wildman–Crippen LogP) is 3.74. The van der Waals surface area contributed by atoms with E-state index in [1.807, 2.05) is 6.07 Å². The highest BCUT2D eigenvalue weighted by molar-refractivity contribution is 6.30. The van der Waals surface area contributed by atoms with Crippen molar-refractivity contribution in [2.75, 3.05) is 24.5 Å². The lowest BCUT2D eigenvalue weighted by Crippen LogP contribution is -2.46. The first-order valence-electron chi connectivity index (χ1n) is 9.48. The number of anilines is 1. The van der Waals surface area contributed by atoms with Gasteiger partial charge in [-0.1, -0.05) is 18.0 Å². The smallest absolute Gasteiger partial charge is 0.230 e. The average molecular weight is 345 g/mol. The molecule has 0 aromatic heterocycles. The van der Waals surface area contributed by atoms with E-state index >= 15 is 0 Å². The Morgan fingerprint density at radius 1 is 1.21 bits per heavy atom. The van der Waals surface area contributed by atoms with E-state index in [-0.39, 0.29) is 11.3 Å². The van der Waals surface area contributed by atoms with Crippen molar-refractivity contribution in [3.63, 3.8) is 0 Å². The van der Waals surface area contributed by atoms with Gasteiger partial charge in [-0.05, 0) is 80.8 Å². The van der Waals surface area contributed by atoms with E-state index < -0.39 is 0 Å². The second-order valence-corrected chi connectivity index (χ2v) is 8.83. The molecule has 3 atom stereocenters. The molecule has 2 bridgehead atoms. The van der Waals surface area contributed by atoms with E-state index in [0.717, 1.165) is 55.5 Å². The number of nitrogens with zero attached hydrogens (tertiary/aromatic N) is 1. The monoisotopic (exact) mass is 344 g/mol. The molecular weight excluding hydrogens is 320 g/mol. The van der Waals surface area contributed by atoms with Crippen LogP contribution in [0.25, 0.3) is 0 Å². The van der Waals surface area contributed by atoms with Crippen molar-refractivity contribution in [2.24, 2.45) is 17.8 Å². The van der Waals surface area contributed by atoms with Gasteiger partial charge in [0.1, 0.15) is 0 Å². The first-order chi connectivity index (χ1) is 11.7. The molecule has 24 heavy (non-hydrogen) atoms. The quantitative estimate of drug-likeness (QED) is 0.841. The van der Waals surface area contributed by atoms with Gasteiger partial charge in [0, 0.05) is 28.6 Å². The zero-order valence-electron chi connectivity index (χ0n) is 14.1. The molecule has 0 radical (unpaired) electrons. The Balaban J connectivity index is 1.50. The number of hydrogen-bond acceptors (Lipinski definition) is 2. The molecule has 2 saturated carbocycles. The largest absolute Gasteiger partial charge is 0.317 e. The van der Waals surface area contributed by atoms with Crippen LogP contribution in [0.2, 0.25) is 5.02 Å². The van der Waals surface area contributed by atoms with Gasteiger partial charge in [0.25, 0.3) is 0 Å². The van der Waals surface area contributed by atoms with Crippen LogP contribution in [-0.4, -0.2) is 25.5 Å². The zero-order valence-corrected chi connectivity index (χ0v) is 14.8.